The summed E-state index contributed by atoms with van der Waals surface area (Å²) in [6.07, 6.45) is 4.88. The summed E-state index contributed by atoms with van der Waals surface area (Å²) >= 11 is 0. The number of benzene rings is 3. The van der Waals surface area contributed by atoms with Crippen LogP contribution < -0.4 is 15.4 Å². The van der Waals surface area contributed by atoms with Gasteiger partial charge in [-0.25, -0.2) is 0 Å². The average molecular weight is 492 g/mol. The Bertz CT molecular complexity index is 1730. The first-order chi connectivity index (χ1) is 18.1. The summed E-state index contributed by atoms with van der Waals surface area (Å²) in [4.78, 5) is 13.3. The number of amides is 1. The van der Waals surface area contributed by atoms with Crippen LogP contribution in [-0.2, 0) is 33.0 Å². The number of ether oxygens (including phenoxy) is 1. The van der Waals surface area contributed by atoms with E-state index >= 15 is 0 Å². The molecule has 1 aliphatic carbocycles. The number of carbonyl (C=O) groups excluding carboxylic acids is 1. The number of aryl methyl sites for hydroxylation is 4. The first kappa shape index (κ1) is 22.0. The number of nitrogens with one attached hydrogen (secondary N) is 2. The Morgan fingerprint density at radius 1 is 1.05 bits per heavy atom. The Kier molecular flexibility index (Phi) is 4.83. The second-order valence-electron chi connectivity index (χ2n) is 10.0. The lowest BCUT2D eigenvalue weighted by molar-refractivity contribution is 0.0966. The molecule has 2 aromatic heterocycles. The predicted octanol–water partition coefficient (Wildman–Crippen LogP) is 5.70. The van der Waals surface area contributed by atoms with Gasteiger partial charge in [0.1, 0.15) is 5.75 Å². The van der Waals surface area contributed by atoms with Gasteiger partial charge >= 0.3 is 0 Å². The van der Waals surface area contributed by atoms with E-state index in [0.29, 0.717) is 6.54 Å². The Hall–Kier alpha value is -4.26. The van der Waals surface area contributed by atoms with Gasteiger partial charge in [0.2, 0.25) is 0 Å². The first-order valence-corrected chi connectivity index (χ1v) is 12.9. The lowest BCUT2D eigenvalue weighted by Crippen LogP contribution is -2.15. The van der Waals surface area contributed by atoms with Crippen LogP contribution in [0.3, 0.4) is 0 Å². The number of methoxy groups -OCH3 is 1. The smallest absolute Gasteiger partial charge is 0.252 e. The van der Waals surface area contributed by atoms with Gasteiger partial charge in [0, 0.05) is 65.1 Å². The molecule has 0 radical (unpaired) electrons. The van der Waals surface area contributed by atoms with Gasteiger partial charge in [0.15, 0.2) is 0 Å². The number of aromatic nitrogens is 3. The van der Waals surface area contributed by atoms with Crippen molar-refractivity contribution in [2.75, 3.05) is 12.4 Å². The molecule has 2 N–H and O–H groups in total. The van der Waals surface area contributed by atoms with Crippen molar-refractivity contribution < 1.29 is 9.53 Å². The van der Waals surface area contributed by atoms with E-state index in [1.54, 1.807) is 7.11 Å². The van der Waals surface area contributed by atoms with Gasteiger partial charge in [0.25, 0.3) is 5.91 Å². The van der Waals surface area contributed by atoms with Crippen molar-refractivity contribution in [3.63, 3.8) is 0 Å². The molecule has 7 rings (SSSR count). The molecule has 0 unspecified atom stereocenters. The fraction of sp³-hybridized carbons (Fsp3) is 0.267. The molecule has 5 aromatic rings. The van der Waals surface area contributed by atoms with Gasteiger partial charge in [-0.2, -0.15) is 5.10 Å². The van der Waals surface area contributed by atoms with Gasteiger partial charge in [-0.05, 0) is 72.9 Å². The minimum absolute atomic E-state index is 0.0220. The van der Waals surface area contributed by atoms with Crippen molar-refractivity contribution >= 4 is 39.1 Å². The van der Waals surface area contributed by atoms with Crippen molar-refractivity contribution in [2.24, 2.45) is 7.05 Å². The molecule has 7 heteroatoms. The van der Waals surface area contributed by atoms with Gasteiger partial charge in [-0.3, -0.25) is 9.48 Å². The number of rotatable bonds is 5. The summed E-state index contributed by atoms with van der Waals surface area (Å²) < 4.78 is 9.66. The summed E-state index contributed by atoms with van der Waals surface area (Å²) in [5.74, 6) is 0.853. The van der Waals surface area contributed by atoms with E-state index in [2.05, 4.69) is 46.5 Å². The maximum absolute atomic E-state index is 13.3. The summed E-state index contributed by atoms with van der Waals surface area (Å²) in [5.41, 5.74) is 11.0. The summed E-state index contributed by atoms with van der Waals surface area (Å²) in [5, 5.41) is 13.8. The molecule has 1 amide bonds. The standard InChI is InChI=1S/C30H29N5O2/c1-4-13-35-25-12-7-18(32-17-5-8-19(37-3)9-6-17)14-21(25)27-22-15-31-30(36)28(22)26-20(29(27)35)10-11-24-23(26)16-34(2)33-24/h5-9,12,14,16,32H,4,10-11,13,15H2,1-3H3,(H,31,36). The molecule has 7 nitrogen and oxygen atoms in total. The van der Waals surface area contributed by atoms with E-state index in [-0.39, 0.29) is 5.91 Å². The number of hydrogen-bond acceptors (Lipinski definition) is 4. The van der Waals surface area contributed by atoms with E-state index in [9.17, 15) is 4.79 Å². The SMILES string of the molecule is CCCn1c2ccc(Nc3ccc(OC)cc3)cc2c2c3c(c4c(c21)CCc1nn(C)cc1-4)C(=O)NC3. The number of anilines is 2. The summed E-state index contributed by atoms with van der Waals surface area (Å²) in [6, 6.07) is 14.6. The van der Waals surface area contributed by atoms with Crippen LogP contribution in [-0.4, -0.2) is 27.4 Å². The number of hydrogen-bond donors (Lipinski definition) is 2. The van der Waals surface area contributed by atoms with Gasteiger partial charge in [-0.15, -0.1) is 0 Å². The third-order valence-corrected chi connectivity index (χ3v) is 7.77. The highest BCUT2D eigenvalue weighted by Gasteiger charge is 2.35. The van der Waals surface area contributed by atoms with Crippen LogP contribution in [0.1, 0.15) is 40.5 Å². The maximum atomic E-state index is 13.3. The Balaban J connectivity index is 1.51. The molecule has 0 bridgehead atoms. The molecule has 3 aromatic carbocycles. The molecule has 1 aliphatic heterocycles. The lowest BCUT2D eigenvalue weighted by atomic mass is 9.82. The highest BCUT2D eigenvalue weighted by Crippen LogP contribution is 2.47. The molecule has 2 aliphatic rings. The Labute approximate surface area is 215 Å². The minimum atomic E-state index is 0.0220. The fourth-order valence-electron chi connectivity index (χ4n) is 6.29. The molecule has 0 fully saturated rings. The van der Waals surface area contributed by atoms with Crippen LogP contribution in [0.15, 0.2) is 48.7 Å². The van der Waals surface area contributed by atoms with Crippen molar-refractivity contribution in [3.05, 3.63) is 71.0 Å². The van der Waals surface area contributed by atoms with E-state index in [1.807, 2.05) is 36.0 Å². The second-order valence-corrected chi connectivity index (χ2v) is 10.0. The molecular formula is C30H29N5O2. The summed E-state index contributed by atoms with van der Waals surface area (Å²) in [6.45, 7) is 3.70. The maximum Gasteiger partial charge on any atom is 0.252 e. The van der Waals surface area contributed by atoms with E-state index in [1.165, 1.54) is 27.4 Å². The monoisotopic (exact) mass is 491 g/mol. The molecule has 37 heavy (non-hydrogen) atoms. The molecule has 0 saturated heterocycles. The van der Waals surface area contributed by atoms with Crippen LogP contribution in [0.5, 0.6) is 5.75 Å². The normalized spacial score (nSPS) is 14.0. The fourth-order valence-corrected chi connectivity index (χ4v) is 6.29. The number of nitrogens with zero attached hydrogens (tertiary/aromatic N) is 3. The lowest BCUT2D eigenvalue weighted by Gasteiger charge is -2.21. The highest BCUT2D eigenvalue weighted by atomic mass is 16.5. The predicted molar refractivity (Wildman–Crippen MR) is 147 cm³/mol. The zero-order valence-corrected chi connectivity index (χ0v) is 21.3. The highest BCUT2D eigenvalue weighted by molar-refractivity contribution is 6.20. The van der Waals surface area contributed by atoms with Crippen LogP contribution in [0.2, 0.25) is 0 Å². The molecular weight excluding hydrogens is 462 g/mol. The minimum Gasteiger partial charge on any atom is -0.497 e. The molecule has 3 heterocycles. The molecule has 0 spiro atoms. The third-order valence-electron chi connectivity index (χ3n) is 7.77. The van der Waals surface area contributed by atoms with Crippen LogP contribution in [0, 0.1) is 0 Å². The van der Waals surface area contributed by atoms with Crippen LogP contribution >= 0.6 is 0 Å². The van der Waals surface area contributed by atoms with Crippen molar-refractivity contribution in [2.45, 2.75) is 39.3 Å². The quantitative estimate of drug-likeness (QED) is 0.331. The van der Waals surface area contributed by atoms with Gasteiger partial charge in [0.05, 0.1) is 23.9 Å². The zero-order valence-electron chi connectivity index (χ0n) is 21.3. The molecule has 0 atom stereocenters. The van der Waals surface area contributed by atoms with Crippen molar-refractivity contribution in [1.29, 1.82) is 0 Å². The third kappa shape index (κ3) is 3.19. The van der Waals surface area contributed by atoms with Crippen molar-refractivity contribution in [1.82, 2.24) is 19.7 Å². The largest absolute Gasteiger partial charge is 0.497 e. The van der Waals surface area contributed by atoms with E-state index in [4.69, 9.17) is 9.84 Å². The average Bonchev–Trinajstić information content (AvgIpc) is 3.57. The summed E-state index contributed by atoms with van der Waals surface area (Å²) in [7, 11) is 3.64. The van der Waals surface area contributed by atoms with Gasteiger partial charge < -0.3 is 19.9 Å². The van der Waals surface area contributed by atoms with Crippen LogP contribution in [0.4, 0.5) is 11.4 Å². The Morgan fingerprint density at radius 3 is 2.65 bits per heavy atom. The Morgan fingerprint density at radius 2 is 1.86 bits per heavy atom. The first-order valence-electron chi connectivity index (χ1n) is 12.9. The number of carbonyl (C=O) groups is 1. The molecule has 186 valence electrons. The second kappa shape index (κ2) is 8.13. The van der Waals surface area contributed by atoms with Crippen LogP contribution in [0.25, 0.3) is 32.9 Å². The van der Waals surface area contributed by atoms with E-state index in [0.717, 1.165) is 70.9 Å². The number of fused-ring (bicyclic) bond motifs is 10. The molecule has 0 saturated carbocycles. The topological polar surface area (TPSA) is 73.1 Å². The van der Waals surface area contributed by atoms with Crippen molar-refractivity contribution in [3.8, 4) is 16.9 Å². The zero-order chi connectivity index (χ0) is 25.3. The van der Waals surface area contributed by atoms with Gasteiger partial charge in [-0.1, -0.05) is 6.92 Å². The van der Waals surface area contributed by atoms with E-state index < -0.39 is 0 Å².